The highest BCUT2D eigenvalue weighted by Crippen LogP contribution is 2.58. The van der Waals surface area contributed by atoms with E-state index < -0.39 is 111 Å². The second-order valence-corrected chi connectivity index (χ2v) is 26.7. The number of hydrogen-bond donors (Lipinski definition) is 11. The lowest BCUT2D eigenvalue weighted by atomic mass is 9.89. The highest BCUT2D eigenvalue weighted by atomic mass is 32.7. The predicted octanol–water partition coefficient (Wildman–Crippen LogP) is 1.47. The number of benzene rings is 1. The molecule has 4 aromatic heterocycles. The van der Waals surface area contributed by atoms with Crippen molar-refractivity contribution in [3.63, 3.8) is 0 Å². The van der Waals surface area contributed by atoms with Gasteiger partial charge in [-0.2, -0.15) is 4.98 Å². The van der Waals surface area contributed by atoms with Gasteiger partial charge < -0.3 is 61.3 Å². The summed E-state index contributed by atoms with van der Waals surface area (Å²) in [7, 11) is 0. The van der Waals surface area contributed by atoms with Gasteiger partial charge in [-0.1, -0.05) is 44.6 Å². The van der Waals surface area contributed by atoms with Gasteiger partial charge in [-0.05, 0) is 61.1 Å². The smallest absolute Gasteiger partial charge is 0.413 e. The Bertz CT molecular complexity index is 3630. The van der Waals surface area contributed by atoms with Crippen molar-refractivity contribution in [1.82, 2.24) is 54.6 Å². The normalized spacial score (nSPS) is 26.2. The molecule has 474 valence electrons. The van der Waals surface area contributed by atoms with Gasteiger partial charge in [0.2, 0.25) is 17.8 Å². The van der Waals surface area contributed by atoms with Crippen molar-refractivity contribution in [2.45, 2.75) is 121 Å². The number of nitrogens with zero attached hydrogens (tertiary/aromatic N) is 8. The van der Waals surface area contributed by atoms with Gasteiger partial charge in [-0.25, -0.2) is 34.1 Å². The molecule has 3 fully saturated rings. The van der Waals surface area contributed by atoms with Crippen molar-refractivity contribution in [2.24, 2.45) is 17.6 Å². The zero-order chi connectivity index (χ0) is 63.2. The third-order valence-corrected chi connectivity index (χ3v) is 17.6. The number of carbonyl (C=O) groups is 7. The molecule has 0 radical (unpaired) electrons. The molecule has 8 heterocycles. The molecule has 38 heteroatoms. The van der Waals surface area contributed by atoms with Gasteiger partial charge in [0.25, 0.3) is 17.4 Å². The molecule has 0 aliphatic carbocycles. The number of aliphatic hydroxyl groups is 2. The first-order valence-electron chi connectivity index (χ1n) is 27.5. The van der Waals surface area contributed by atoms with Crippen LogP contribution in [-0.4, -0.2) is 170 Å². The average Bonchev–Trinajstić information content (AvgIpc) is 1.69. The number of ketones is 1. The number of aromatic amines is 1. The van der Waals surface area contributed by atoms with Crippen molar-refractivity contribution in [2.75, 3.05) is 42.7 Å². The SMILES string of the molecule is CC(C)[C@H](NC(=O)CCCCCN1C(=O)C=CC1=O)C(=O)C[C@@H](CCCNC(N)=O)C(=O)Nc1ccc(COC(=O)Nc2ncnc3c2ncn3[C@@H]2O[C@@H]3COP(O)(=S)O[C@@H]4C(O)[C@H](n5cnc6c(=O)[nH]c(N)nc65)O[C@@H]4COP(=O)(S)O[C@H]2C3O)cc1. The Morgan fingerprint density at radius 3 is 2.27 bits per heavy atom. The van der Waals surface area contributed by atoms with Crippen molar-refractivity contribution in [3.8, 4) is 0 Å². The van der Waals surface area contributed by atoms with Crippen LogP contribution < -0.4 is 38.3 Å². The quantitative estimate of drug-likeness (QED) is 0.0202. The number of H-pyrrole nitrogens is 1. The Hall–Kier alpha value is -7.18. The number of carbonyl (C=O) groups excluding carboxylic acids is 7. The number of hydrogen-bond acceptors (Lipinski definition) is 25. The van der Waals surface area contributed by atoms with Crippen LogP contribution in [0, 0.1) is 11.8 Å². The van der Waals surface area contributed by atoms with Crippen LogP contribution in [0.4, 0.5) is 27.0 Å². The molecule has 4 unspecified atom stereocenters. The molecule has 12 N–H and O–H groups in total. The van der Waals surface area contributed by atoms with Crippen LogP contribution in [-0.2, 0) is 79.3 Å². The fraction of sp³-hybridized carbons (Fsp3) is 0.500. The number of rotatable bonds is 22. The number of Topliss-reactive ketones (excluding diaryl/α,β-unsaturated/α-hetero) is 1. The van der Waals surface area contributed by atoms with Crippen LogP contribution in [0.2, 0.25) is 0 Å². The van der Waals surface area contributed by atoms with Gasteiger partial charge in [0.15, 0.2) is 46.4 Å². The Morgan fingerprint density at radius 1 is 0.864 bits per heavy atom. The van der Waals surface area contributed by atoms with E-state index in [1.54, 1.807) is 38.1 Å². The Morgan fingerprint density at radius 2 is 1.56 bits per heavy atom. The first-order valence-corrected chi connectivity index (χ1v) is 32.7. The number of nitrogens with two attached hydrogens (primary N) is 2. The van der Waals surface area contributed by atoms with E-state index in [9.17, 15) is 58.0 Å². The summed E-state index contributed by atoms with van der Waals surface area (Å²) in [5.74, 6) is -3.61. The molecule has 0 saturated carbocycles. The van der Waals surface area contributed by atoms with E-state index in [1.165, 1.54) is 27.6 Å². The van der Waals surface area contributed by atoms with Crippen LogP contribution in [0.3, 0.4) is 0 Å². The van der Waals surface area contributed by atoms with Gasteiger partial charge in [0.05, 0.1) is 31.9 Å². The summed E-state index contributed by atoms with van der Waals surface area (Å²) in [4.78, 5) is 137. The maximum Gasteiger partial charge on any atom is 0.413 e. The summed E-state index contributed by atoms with van der Waals surface area (Å²) in [6.45, 7) is -6.63. The topological polar surface area (TPSA) is 472 Å². The van der Waals surface area contributed by atoms with Gasteiger partial charge in [0.1, 0.15) is 49.6 Å². The lowest BCUT2D eigenvalue weighted by Gasteiger charge is -2.27. The number of nitrogen functional groups attached to an aromatic ring is 1. The van der Waals surface area contributed by atoms with Crippen molar-refractivity contribution < 1.29 is 85.5 Å². The fourth-order valence-corrected chi connectivity index (χ4v) is 13.0. The number of unbranched alkanes of at least 4 members (excludes halogenated alkanes) is 2. The zero-order valence-corrected chi connectivity index (χ0v) is 50.4. The third-order valence-electron chi connectivity index (χ3n) is 14.5. The monoisotopic (exact) mass is 1300 g/mol. The van der Waals surface area contributed by atoms with Crippen molar-refractivity contribution in [1.29, 1.82) is 0 Å². The number of imide groups is 1. The molecule has 7 amide bonds. The molecule has 88 heavy (non-hydrogen) atoms. The molecule has 4 aliphatic heterocycles. The van der Waals surface area contributed by atoms with E-state index in [0.717, 1.165) is 17.6 Å². The lowest BCUT2D eigenvalue weighted by molar-refractivity contribution is -0.137. The molecule has 4 aliphatic rings. The molecule has 2 bridgehead atoms. The minimum atomic E-state index is -4.56. The van der Waals surface area contributed by atoms with Gasteiger partial charge in [0, 0.05) is 49.7 Å². The number of nitrogens with one attached hydrogen (secondary N) is 5. The highest BCUT2D eigenvalue weighted by molar-refractivity contribution is 8.44. The number of aliphatic hydroxyl groups excluding tert-OH is 2. The van der Waals surface area contributed by atoms with E-state index >= 15 is 0 Å². The summed E-state index contributed by atoms with van der Waals surface area (Å²) in [5, 5.41) is 33.6. The highest BCUT2D eigenvalue weighted by Gasteiger charge is 2.53. The molecular formula is C50H63N15O19P2S2. The van der Waals surface area contributed by atoms with Gasteiger partial charge >= 0.3 is 25.6 Å². The molecule has 5 aromatic rings. The van der Waals surface area contributed by atoms with Crippen molar-refractivity contribution in [3.05, 3.63) is 71.3 Å². The van der Waals surface area contributed by atoms with E-state index in [4.69, 9.17) is 55.6 Å². The summed E-state index contributed by atoms with van der Waals surface area (Å²) in [6.07, 6.45) is -5.37. The van der Waals surface area contributed by atoms with E-state index in [-0.39, 0.29) is 102 Å². The Balaban J connectivity index is 0.797. The molecule has 0 spiro atoms. The number of aromatic nitrogens is 8. The van der Waals surface area contributed by atoms with Crippen LogP contribution in [0.1, 0.15) is 76.8 Å². The number of ether oxygens (including phenoxy) is 3. The number of anilines is 3. The second kappa shape index (κ2) is 28.1. The van der Waals surface area contributed by atoms with E-state index in [2.05, 4.69) is 63.4 Å². The summed E-state index contributed by atoms with van der Waals surface area (Å²) >= 11 is 9.47. The first-order chi connectivity index (χ1) is 41.8. The minimum Gasteiger partial charge on any atom is -0.444 e. The summed E-state index contributed by atoms with van der Waals surface area (Å²) in [5.41, 5.74) is 10.9. The van der Waals surface area contributed by atoms with Crippen molar-refractivity contribution >= 4 is 119 Å². The lowest BCUT2D eigenvalue weighted by Crippen LogP contribution is -2.45. The Labute approximate surface area is 509 Å². The number of fused-ring (bicyclic) bond motifs is 5. The van der Waals surface area contributed by atoms with E-state index in [0.29, 0.717) is 36.9 Å². The molecule has 1 aromatic carbocycles. The minimum absolute atomic E-state index is 0.00116. The number of imidazole rings is 2. The standard InChI is InChI=1S/C50H63N15O19P2S2/c1-24(2)34(59-31(67)8-4-3-5-16-63-32(68)13-14-33(63)69)28(66)17-26(7-6-15-53-49(52)74)44(72)58-27-11-9-25(10-12-27)18-78-50(75)60-41-35-42(55-21-54-41)64(22-56-35)47-40-37(70)29(81-47)19-79-85(76,87)83-39-30(20-80-86(77,88)84-40)82-46(38(39)71)65-23-57-36-43(65)61-48(51)62-45(36)73/h9-14,21-24,26,29-30,34,37-40,46-47,70-71H,3-8,15-20H2,1-2H3,(H,58,72)(H,59,67)(H,76,87)(H,77,88)(H3,52,53,74)(H3,51,61,62,73)(H,54,55,60,75)/t26-,29-,30-,34+,37?,38?,39+,40+,46-,47-,85?,86?/m1/s1. The number of amides is 7. The zero-order valence-electron chi connectivity index (χ0n) is 46.9. The molecule has 12 atom stereocenters. The summed E-state index contributed by atoms with van der Waals surface area (Å²) < 4.78 is 57.0. The van der Waals surface area contributed by atoms with Crippen LogP contribution in [0.5, 0.6) is 0 Å². The maximum absolute atomic E-state index is 14.0. The van der Waals surface area contributed by atoms with Crippen LogP contribution >= 0.6 is 25.8 Å². The second-order valence-electron chi connectivity index (χ2n) is 21.1. The number of urea groups is 1. The van der Waals surface area contributed by atoms with Gasteiger partial charge in [-0.3, -0.25) is 66.7 Å². The summed E-state index contributed by atoms with van der Waals surface area (Å²) in [6, 6.07) is 4.61. The fourth-order valence-electron chi connectivity index (χ4n) is 10.1. The Kier molecular flexibility index (Phi) is 20.8. The van der Waals surface area contributed by atoms with Gasteiger partial charge in [-0.15, -0.1) is 0 Å². The predicted molar refractivity (Wildman–Crippen MR) is 312 cm³/mol. The van der Waals surface area contributed by atoms with Crippen LogP contribution in [0.15, 0.2) is 60.2 Å². The molecule has 3 saturated heterocycles. The molecular weight excluding hydrogens is 1240 g/mol. The average molecular weight is 1300 g/mol. The first kappa shape index (κ1) is 65.3. The molecule has 9 rings (SSSR count). The molecule has 34 nitrogen and oxygen atoms in total. The largest absolute Gasteiger partial charge is 0.444 e. The third kappa shape index (κ3) is 15.8. The van der Waals surface area contributed by atoms with E-state index in [1.807, 2.05) is 0 Å². The van der Waals surface area contributed by atoms with Crippen LogP contribution in [0.25, 0.3) is 22.3 Å². The maximum atomic E-state index is 14.0. The number of primary amides is 1. The number of thiol groups is 1.